The third-order valence-electron chi connectivity index (χ3n) is 2.89. The molecule has 0 saturated heterocycles. The first-order chi connectivity index (χ1) is 7.91. The highest BCUT2D eigenvalue weighted by Crippen LogP contribution is 2.31. The first-order valence-electron chi connectivity index (χ1n) is 5.42. The van der Waals surface area contributed by atoms with Gasteiger partial charge in [0, 0.05) is 13.6 Å². The van der Waals surface area contributed by atoms with E-state index in [4.69, 9.17) is 5.73 Å². The summed E-state index contributed by atoms with van der Waals surface area (Å²) in [7, 11) is -2.01. The van der Waals surface area contributed by atoms with E-state index in [1.807, 2.05) is 0 Å². The molecule has 1 fully saturated rings. The van der Waals surface area contributed by atoms with Crippen molar-refractivity contribution in [2.45, 2.75) is 17.7 Å². The lowest BCUT2D eigenvalue weighted by atomic mass is 10.3. The van der Waals surface area contributed by atoms with Crippen molar-refractivity contribution in [2.75, 3.05) is 19.3 Å². The van der Waals surface area contributed by atoms with E-state index >= 15 is 0 Å². The van der Waals surface area contributed by atoms with Crippen LogP contribution in [0.25, 0.3) is 0 Å². The minimum absolute atomic E-state index is 0.0413. The summed E-state index contributed by atoms with van der Waals surface area (Å²) in [5, 5.41) is 0. The second-order valence-corrected chi connectivity index (χ2v) is 6.46. The molecule has 0 unspecified atom stereocenters. The third kappa shape index (κ3) is 2.58. The maximum Gasteiger partial charge on any atom is 0.242 e. The Morgan fingerprint density at radius 2 is 2.12 bits per heavy atom. The van der Waals surface area contributed by atoms with Gasteiger partial charge in [-0.2, -0.15) is 0 Å². The molecule has 0 heterocycles. The minimum atomic E-state index is -3.55. The summed E-state index contributed by atoms with van der Waals surface area (Å²) in [5.74, 6) is -0.138. The number of sulfonamides is 1. The summed E-state index contributed by atoms with van der Waals surface area (Å²) < 4.78 is 38.5. The number of hydrogen-bond acceptors (Lipinski definition) is 3. The summed E-state index contributed by atoms with van der Waals surface area (Å²) in [4.78, 5) is 0.0413. The second kappa shape index (κ2) is 4.27. The van der Waals surface area contributed by atoms with Gasteiger partial charge in [-0.15, -0.1) is 0 Å². The maximum absolute atomic E-state index is 13.0. The van der Waals surface area contributed by atoms with Crippen LogP contribution >= 0.6 is 0 Å². The predicted molar refractivity (Wildman–Crippen MR) is 63.4 cm³/mol. The summed E-state index contributed by atoms with van der Waals surface area (Å²) in [6, 6.07) is 3.48. The zero-order chi connectivity index (χ0) is 12.6. The van der Waals surface area contributed by atoms with E-state index in [9.17, 15) is 12.8 Å². The van der Waals surface area contributed by atoms with Gasteiger partial charge in [0.15, 0.2) is 0 Å². The van der Waals surface area contributed by atoms with Crippen molar-refractivity contribution < 1.29 is 12.8 Å². The third-order valence-corrected chi connectivity index (χ3v) is 4.71. The molecule has 2 N–H and O–H groups in total. The molecule has 0 amide bonds. The van der Waals surface area contributed by atoms with Crippen LogP contribution < -0.4 is 5.73 Å². The average Bonchev–Trinajstić information content (AvgIpc) is 3.05. The average molecular weight is 258 g/mol. The van der Waals surface area contributed by atoms with Gasteiger partial charge < -0.3 is 5.73 Å². The first-order valence-corrected chi connectivity index (χ1v) is 6.86. The van der Waals surface area contributed by atoms with Gasteiger partial charge in [-0.25, -0.2) is 17.1 Å². The van der Waals surface area contributed by atoms with Gasteiger partial charge in [0.2, 0.25) is 10.0 Å². The van der Waals surface area contributed by atoms with Crippen LogP contribution in [0.1, 0.15) is 12.8 Å². The lowest BCUT2D eigenvalue weighted by molar-refractivity contribution is 0.453. The number of nitrogens with two attached hydrogens (primary N) is 1. The Hall–Kier alpha value is -1.14. The highest BCUT2D eigenvalue weighted by atomic mass is 32.2. The molecule has 4 nitrogen and oxygen atoms in total. The monoisotopic (exact) mass is 258 g/mol. The Morgan fingerprint density at radius 3 is 2.65 bits per heavy atom. The Labute approximate surface area is 100 Å². The Morgan fingerprint density at radius 1 is 1.47 bits per heavy atom. The molecule has 6 heteroatoms. The molecule has 0 bridgehead atoms. The molecule has 17 heavy (non-hydrogen) atoms. The van der Waals surface area contributed by atoms with Crippen LogP contribution in [0.4, 0.5) is 10.1 Å². The summed E-state index contributed by atoms with van der Waals surface area (Å²) in [6.45, 7) is 0.514. The Balaban J connectivity index is 2.26. The molecule has 1 saturated carbocycles. The molecule has 0 radical (unpaired) electrons. The quantitative estimate of drug-likeness (QED) is 0.831. The van der Waals surface area contributed by atoms with Crippen LogP contribution in [-0.4, -0.2) is 26.3 Å². The number of nitrogen functional groups attached to an aromatic ring is 1. The predicted octanol–water partition coefficient (Wildman–Crippen LogP) is 1.44. The lowest BCUT2D eigenvalue weighted by Crippen LogP contribution is -2.29. The van der Waals surface area contributed by atoms with Crippen LogP contribution in [0.15, 0.2) is 23.1 Å². The highest BCUT2D eigenvalue weighted by Gasteiger charge is 2.29. The topological polar surface area (TPSA) is 63.4 Å². The van der Waals surface area contributed by atoms with Gasteiger partial charge in [-0.3, -0.25) is 0 Å². The van der Waals surface area contributed by atoms with Crippen LogP contribution in [0.3, 0.4) is 0 Å². The van der Waals surface area contributed by atoms with Crippen molar-refractivity contribution in [3.63, 3.8) is 0 Å². The van der Waals surface area contributed by atoms with E-state index in [1.165, 1.54) is 17.4 Å². The molecule has 1 aromatic rings. The SMILES string of the molecule is CN(CC1CC1)S(=O)(=O)c1ccc(F)c(N)c1. The molecule has 0 atom stereocenters. The van der Waals surface area contributed by atoms with Crippen molar-refractivity contribution in [1.29, 1.82) is 0 Å². The molecule has 0 aliphatic heterocycles. The molecule has 1 aliphatic rings. The van der Waals surface area contributed by atoms with Crippen molar-refractivity contribution in [3.05, 3.63) is 24.0 Å². The van der Waals surface area contributed by atoms with E-state index in [0.29, 0.717) is 12.5 Å². The normalized spacial score (nSPS) is 16.4. The number of hydrogen-bond donors (Lipinski definition) is 1. The van der Waals surface area contributed by atoms with Crippen molar-refractivity contribution in [2.24, 2.45) is 5.92 Å². The maximum atomic E-state index is 13.0. The zero-order valence-corrected chi connectivity index (χ0v) is 10.4. The molecule has 94 valence electrons. The van der Waals surface area contributed by atoms with E-state index in [1.54, 1.807) is 0 Å². The first kappa shape index (κ1) is 12.3. The van der Waals surface area contributed by atoms with Gasteiger partial charge in [0.05, 0.1) is 10.6 Å². The fraction of sp³-hybridized carbons (Fsp3) is 0.455. The van der Waals surface area contributed by atoms with E-state index in [0.717, 1.165) is 25.0 Å². The standard InChI is InChI=1S/C11H15FN2O2S/c1-14(7-8-2-3-8)17(15,16)9-4-5-10(12)11(13)6-9/h4-6,8H,2-3,7,13H2,1H3. The molecule has 2 rings (SSSR count). The minimum Gasteiger partial charge on any atom is -0.396 e. The van der Waals surface area contributed by atoms with Crippen LogP contribution in [0.5, 0.6) is 0 Å². The zero-order valence-electron chi connectivity index (χ0n) is 9.56. The molecule has 1 aliphatic carbocycles. The summed E-state index contributed by atoms with van der Waals surface area (Å²) in [6.07, 6.45) is 2.15. The fourth-order valence-electron chi connectivity index (χ4n) is 1.62. The van der Waals surface area contributed by atoms with Crippen LogP contribution in [-0.2, 0) is 10.0 Å². The summed E-state index contributed by atoms with van der Waals surface area (Å²) in [5.41, 5.74) is 5.23. The van der Waals surface area contributed by atoms with Crippen LogP contribution in [0, 0.1) is 11.7 Å². The van der Waals surface area contributed by atoms with Gasteiger partial charge in [0.25, 0.3) is 0 Å². The van der Waals surface area contributed by atoms with Gasteiger partial charge in [0.1, 0.15) is 5.82 Å². The second-order valence-electron chi connectivity index (χ2n) is 4.41. The number of nitrogens with zero attached hydrogens (tertiary/aromatic N) is 1. The number of halogens is 1. The molecular formula is C11H15FN2O2S. The largest absolute Gasteiger partial charge is 0.396 e. The van der Waals surface area contributed by atoms with Crippen molar-refractivity contribution in [3.8, 4) is 0 Å². The molecule has 0 spiro atoms. The highest BCUT2D eigenvalue weighted by molar-refractivity contribution is 7.89. The Kier molecular flexibility index (Phi) is 3.09. The Bertz CT molecular complexity index is 526. The van der Waals surface area contributed by atoms with Gasteiger partial charge >= 0.3 is 0 Å². The number of rotatable bonds is 4. The van der Waals surface area contributed by atoms with Gasteiger partial charge in [-0.1, -0.05) is 0 Å². The summed E-state index contributed by atoms with van der Waals surface area (Å²) >= 11 is 0. The van der Waals surface area contributed by atoms with E-state index in [-0.39, 0.29) is 10.6 Å². The van der Waals surface area contributed by atoms with Crippen molar-refractivity contribution in [1.82, 2.24) is 4.31 Å². The lowest BCUT2D eigenvalue weighted by Gasteiger charge is -2.17. The van der Waals surface area contributed by atoms with Crippen molar-refractivity contribution >= 4 is 15.7 Å². The van der Waals surface area contributed by atoms with Crippen LogP contribution in [0.2, 0.25) is 0 Å². The number of benzene rings is 1. The molecule has 1 aromatic carbocycles. The van der Waals surface area contributed by atoms with Gasteiger partial charge in [-0.05, 0) is 37.0 Å². The number of anilines is 1. The molecular weight excluding hydrogens is 243 g/mol. The fourth-order valence-corrected chi connectivity index (χ4v) is 2.91. The van der Waals surface area contributed by atoms with E-state index in [2.05, 4.69) is 0 Å². The van der Waals surface area contributed by atoms with E-state index < -0.39 is 15.8 Å². The molecule has 0 aromatic heterocycles. The smallest absolute Gasteiger partial charge is 0.242 e.